The number of nitrogens with one attached hydrogen (secondary N) is 1. The molecule has 0 radical (unpaired) electrons. The molecule has 2 aromatic rings. The van der Waals surface area contributed by atoms with Crippen LogP contribution in [0.5, 0.6) is 11.5 Å². The minimum Gasteiger partial charge on any atom is -0.497 e. The SMILES string of the molecule is CCCCOc1ccc(C(=O)NCC(c2ccc(OC)cc2)N2CCOCC2)cc1. The second kappa shape index (κ2) is 11.6. The van der Waals surface area contributed by atoms with Gasteiger partial charge in [0.2, 0.25) is 0 Å². The van der Waals surface area contributed by atoms with Crippen LogP contribution in [-0.4, -0.2) is 57.4 Å². The van der Waals surface area contributed by atoms with E-state index in [1.807, 2.05) is 36.4 Å². The first-order valence-electron chi connectivity index (χ1n) is 10.7. The van der Waals surface area contributed by atoms with Crippen LogP contribution in [0.4, 0.5) is 0 Å². The van der Waals surface area contributed by atoms with Crippen LogP contribution in [0, 0.1) is 0 Å². The van der Waals surface area contributed by atoms with Crippen molar-refractivity contribution in [1.82, 2.24) is 10.2 Å². The molecule has 0 aromatic heterocycles. The Kier molecular flexibility index (Phi) is 8.53. The highest BCUT2D eigenvalue weighted by atomic mass is 16.5. The summed E-state index contributed by atoms with van der Waals surface area (Å²) in [4.78, 5) is 15.1. The molecule has 6 heteroatoms. The van der Waals surface area contributed by atoms with Crippen LogP contribution in [0.3, 0.4) is 0 Å². The lowest BCUT2D eigenvalue weighted by molar-refractivity contribution is 0.0162. The van der Waals surface area contributed by atoms with Crippen molar-refractivity contribution in [1.29, 1.82) is 0 Å². The molecule has 0 bridgehead atoms. The second-order valence-corrected chi connectivity index (χ2v) is 7.37. The van der Waals surface area contributed by atoms with Crippen LogP contribution in [0.1, 0.15) is 41.7 Å². The molecule has 1 fully saturated rings. The summed E-state index contributed by atoms with van der Waals surface area (Å²) in [7, 11) is 1.66. The zero-order valence-corrected chi connectivity index (χ0v) is 17.9. The molecular weight excluding hydrogens is 380 g/mol. The molecule has 0 saturated carbocycles. The zero-order chi connectivity index (χ0) is 21.2. The number of methoxy groups -OCH3 is 1. The van der Waals surface area contributed by atoms with E-state index in [4.69, 9.17) is 14.2 Å². The minimum absolute atomic E-state index is 0.0816. The Balaban J connectivity index is 1.63. The summed E-state index contributed by atoms with van der Waals surface area (Å²) in [6.45, 7) is 6.46. The van der Waals surface area contributed by atoms with E-state index in [-0.39, 0.29) is 11.9 Å². The van der Waals surface area contributed by atoms with Gasteiger partial charge in [-0.15, -0.1) is 0 Å². The van der Waals surface area contributed by atoms with Gasteiger partial charge in [-0.05, 0) is 48.4 Å². The molecule has 2 aromatic carbocycles. The van der Waals surface area contributed by atoms with Gasteiger partial charge >= 0.3 is 0 Å². The van der Waals surface area contributed by atoms with E-state index in [0.717, 1.165) is 43.0 Å². The van der Waals surface area contributed by atoms with Gasteiger partial charge < -0.3 is 19.5 Å². The molecule has 30 heavy (non-hydrogen) atoms. The summed E-state index contributed by atoms with van der Waals surface area (Å²) < 4.78 is 16.5. The van der Waals surface area contributed by atoms with E-state index in [1.165, 1.54) is 0 Å². The Bertz CT molecular complexity index is 771. The number of ether oxygens (including phenoxy) is 3. The van der Waals surface area contributed by atoms with Gasteiger partial charge in [0, 0.05) is 25.2 Å². The largest absolute Gasteiger partial charge is 0.497 e. The molecular formula is C24H32N2O4. The van der Waals surface area contributed by atoms with Gasteiger partial charge in [-0.1, -0.05) is 25.5 Å². The first kappa shape index (κ1) is 22.1. The third-order valence-corrected chi connectivity index (χ3v) is 5.33. The average molecular weight is 413 g/mol. The number of carbonyl (C=O) groups excluding carboxylic acids is 1. The fourth-order valence-corrected chi connectivity index (χ4v) is 3.50. The van der Waals surface area contributed by atoms with Crippen molar-refractivity contribution < 1.29 is 19.0 Å². The third kappa shape index (κ3) is 6.21. The molecule has 1 unspecified atom stereocenters. The van der Waals surface area contributed by atoms with Crippen LogP contribution in [0.15, 0.2) is 48.5 Å². The minimum atomic E-state index is -0.0816. The van der Waals surface area contributed by atoms with E-state index in [0.29, 0.717) is 31.9 Å². The molecule has 1 aliphatic heterocycles. The van der Waals surface area contributed by atoms with Crippen LogP contribution < -0.4 is 14.8 Å². The van der Waals surface area contributed by atoms with E-state index in [9.17, 15) is 4.79 Å². The third-order valence-electron chi connectivity index (χ3n) is 5.33. The summed E-state index contributed by atoms with van der Waals surface area (Å²) in [5.74, 6) is 1.54. The number of morpholine rings is 1. The number of amides is 1. The fraction of sp³-hybridized carbons (Fsp3) is 0.458. The number of hydrogen-bond donors (Lipinski definition) is 1. The van der Waals surface area contributed by atoms with Crippen molar-refractivity contribution in [3.8, 4) is 11.5 Å². The molecule has 0 aliphatic carbocycles. The zero-order valence-electron chi connectivity index (χ0n) is 17.9. The molecule has 1 atom stereocenters. The standard InChI is InChI=1S/C24H32N2O4/c1-3-4-15-30-22-11-7-20(8-12-22)24(27)25-18-23(26-13-16-29-17-14-26)19-5-9-21(28-2)10-6-19/h5-12,23H,3-4,13-18H2,1-2H3,(H,25,27). The molecule has 6 nitrogen and oxygen atoms in total. The first-order valence-corrected chi connectivity index (χ1v) is 10.7. The monoisotopic (exact) mass is 412 g/mol. The Labute approximate surface area is 179 Å². The lowest BCUT2D eigenvalue weighted by atomic mass is 10.0. The average Bonchev–Trinajstić information content (AvgIpc) is 2.81. The predicted molar refractivity (Wildman–Crippen MR) is 117 cm³/mol. The number of nitrogens with zero attached hydrogens (tertiary/aromatic N) is 1. The van der Waals surface area contributed by atoms with Crippen molar-refractivity contribution in [2.24, 2.45) is 0 Å². The van der Waals surface area contributed by atoms with E-state index < -0.39 is 0 Å². The fourth-order valence-electron chi connectivity index (χ4n) is 3.50. The van der Waals surface area contributed by atoms with Crippen molar-refractivity contribution in [2.45, 2.75) is 25.8 Å². The molecule has 1 saturated heterocycles. The van der Waals surface area contributed by atoms with Crippen molar-refractivity contribution in [3.05, 3.63) is 59.7 Å². The smallest absolute Gasteiger partial charge is 0.251 e. The highest BCUT2D eigenvalue weighted by Crippen LogP contribution is 2.24. The maximum atomic E-state index is 12.7. The highest BCUT2D eigenvalue weighted by Gasteiger charge is 2.23. The highest BCUT2D eigenvalue weighted by molar-refractivity contribution is 5.94. The number of rotatable bonds is 10. The Morgan fingerprint density at radius 1 is 1.07 bits per heavy atom. The number of unbranched alkanes of at least 4 members (excludes halogenated alkanes) is 1. The molecule has 1 N–H and O–H groups in total. The molecule has 1 amide bonds. The summed E-state index contributed by atoms with van der Waals surface area (Å²) >= 11 is 0. The van der Waals surface area contributed by atoms with E-state index >= 15 is 0 Å². The normalized spacial score (nSPS) is 15.4. The van der Waals surface area contributed by atoms with Crippen LogP contribution in [0.25, 0.3) is 0 Å². The lowest BCUT2D eigenvalue weighted by Crippen LogP contribution is -2.43. The summed E-state index contributed by atoms with van der Waals surface area (Å²) in [6, 6.07) is 15.5. The van der Waals surface area contributed by atoms with Crippen LogP contribution in [-0.2, 0) is 4.74 Å². The van der Waals surface area contributed by atoms with Crippen molar-refractivity contribution in [2.75, 3.05) is 46.6 Å². The van der Waals surface area contributed by atoms with Crippen molar-refractivity contribution >= 4 is 5.91 Å². The van der Waals surface area contributed by atoms with Crippen LogP contribution in [0.2, 0.25) is 0 Å². The molecule has 1 aliphatic rings. The maximum Gasteiger partial charge on any atom is 0.251 e. The summed E-state index contributed by atoms with van der Waals surface area (Å²) in [5.41, 5.74) is 1.78. The summed E-state index contributed by atoms with van der Waals surface area (Å²) in [6.07, 6.45) is 2.12. The molecule has 3 rings (SSSR count). The Morgan fingerprint density at radius 3 is 2.37 bits per heavy atom. The van der Waals surface area contributed by atoms with Gasteiger partial charge in [0.25, 0.3) is 5.91 Å². The van der Waals surface area contributed by atoms with Gasteiger partial charge in [-0.25, -0.2) is 0 Å². The van der Waals surface area contributed by atoms with Gasteiger partial charge in [0.1, 0.15) is 11.5 Å². The lowest BCUT2D eigenvalue weighted by Gasteiger charge is -2.35. The molecule has 1 heterocycles. The van der Waals surface area contributed by atoms with E-state index in [2.05, 4.69) is 29.3 Å². The van der Waals surface area contributed by atoms with E-state index in [1.54, 1.807) is 7.11 Å². The topological polar surface area (TPSA) is 60.0 Å². The Hall–Kier alpha value is -2.57. The van der Waals surface area contributed by atoms with Gasteiger partial charge in [0.15, 0.2) is 0 Å². The van der Waals surface area contributed by atoms with Gasteiger partial charge in [-0.2, -0.15) is 0 Å². The van der Waals surface area contributed by atoms with Gasteiger partial charge in [0.05, 0.1) is 33.0 Å². The molecule has 0 spiro atoms. The van der Waals surface area contributed by atoms with Crippen molar-refractivity contribution in [3.63, 3.8) is 0 Å². The second-order valence-electron chi connectivity index (χ2n) is 7.37. The quantitative estimate of drug-likeness (QED) is 0.604. The number of benzene rings is 2. The van der Waals surface area contributed by atoms with Gasteiger partial charge in [-0.3, -0.25) is 9.69 Å². The number of carbonyl (C=O) groups is 1. The summed E-state index contributed by atoms with van der Waals surface area (Å²) in [5, 5.41) is 3.10. The Morgan fingerprint density at radius 2 is 1.73 bits per heavy atom. The maximum absolute atomic E-state index is 12.7. The number of hydrogen-bond acceptors (Lipinski definition) is 5. The first-order chi connectivity index (χ1) is 14.7. The predicted octanol–water partition coefficient (Wildman–Crippen LogP) is 3.68. The van der Waals surface area contributed by atoms with Crippen LogP contribution >= 0.6 is 0 Å². The molecule has 162 valence electrons.